The molecule has 0 saturated heterocycles. The first-order chi connectivity index (χ1) is 8.29. The van der Waals surface area contributed by atoms with Crippen molar-refractivity contribution in [1.29, 1.82) is 0 Å². The van der Waals surface area contributed by atoms with Gasteiger partial charge in [0.1, 0.15) is 0 Å². The van der Waals surface area contributed by atoms with Crippen LogP contribution in [-0.4, -0.2) is 12.0 Å². The number of hydrogen-bond donors (Lipinski definition) is 1. The van der Waals surface area contributed by atoms with Crippen LogP contribution < -0.4 is 5.32 Å². The number of aromatic nitrogens is 1. The first-order valence-corrected chi connectivity index (χ1v) is 7.74. The number of hydrogen-bond acceptors (Lipinski definition) is 3. The van der Waals surface area contributed by atoms with Crippen molar-refractivity contribution in [2.45, 2.75) is 64.8 Å². The van der Waals surface area contributed by atoms with Crippen LogP contribution >= 0.6 is 11.3 Å². The van der Waals surface area contributed by atoms with Gasteiger partial charge < -0.3 is 5.32 Å². The van der Waals surface area contributed by atoms with Crippen molar-refractivity contribution in [1.82, 2.24) is 10.3 Å². The van der Waals surface area contributed by atoms with E-state index in [0.717, 1.165) is 0 Å². The number of nitrogens with one attached hydrogen (secondary N) is 1. The molecule has 0 radical (unpaired) electrons. The number of rotatable bonds is 9. The first kappa shape index (κ1) is 14.7. The molecule has 2 nitrogen and oxygen atoms in total. The third-order valence-corrected chi connectivity index (χ3v) is 4.34. The Labute approximate surface area is 110 Å². The van der Waals surface area contributed by atoms with Gasteiger partial charge in [-0.1, -0.05) is 45.4 Å². The summed E-state index contributed by atoms with van der Waals surface area (Å²) >= 11 is 1.78. The fourth-order valence-electron chi connectivity index (χ4n) is 2.18. The lowest BCUT2D eigenvalue weighted by Gasteiger charge is -2.14. The molecule has 17 heavy (non-hydrogen) atoms. The second-order valence-corrected chi connectivity index (χ2v) is 5.59. The number of nitrogens with zero attached hydrogens (tertiary/aromatic N) is 1. The van der Waals surface area contributed by atoms with Gasteiger partial charge in [0.15, 0.2) is 0 Å². The van der Waals surface area contributed by atoms with Crippen LogP contribution in [0.4, 0.5) is 0 Å². The van der Waals surface area contributed by atoms with E-state index in [9.17, 15) is 0 Å². The maximum Gasteiger partial charge on any atom is 0.0798 e. The molecule has 0 aliphatic rings. The molecule has 98 valence electrons. The molecule has 0 fully saturated rings. The topological polar surface area (TPSA) is 24.9 Å². The maximum atomic E-state index is 4.33. The highest BCUT2D eigenvalue weighted by Crippen LogP contribution is 2.26. The van der Waals surface area contributed by atoms with E-state index >= 15 is 0 Å². The monoisotopic (exact) mass is 254 g/mol. The van der Waals surface area contributed by atoms with Crippen LogP contribution in [0, 0.1) is 6.92 Å². The SMILES string of the molecule is CCCCCCCCC(NC)c1scnc1C. The van der Waals surface area contributed by atoms with Crippen molar-refractivity contribution in [3.63, 3.8) is 0 Å². The van der Waals surface area contributed by atoms with Crippen LogP contribution in [0.25, 0.3) is 0 Å². The molecule has 0 aliphatic heterocycles. The molecular formula is C14H26N2S. The highest BCUT2D eigenvalue weighted by molar-refractivity contribution is 7.09. The van der Waals surface area contributed by atoms with Gasteiger partial charge in [0.25, 0.3) is 0 Å². The maximum absolute atomic E-state index is 4.33. The third kappa shape index (κ3) is 5.17. The molecule has 1 N–H and O–H groups in total. The molecule has 3 heteroatoms. The van der Waals surface area contributed by atoms with E-state index in [-0.39, 0.29) is 0 Å². The molecule has 1 atom stereocenters. The summed E-state index contributed by atoms with van der Waals surface area (Å²) in [5.41, 5.74) is 3.15. The summed E-state index contributed by atoms with van der Waals surface area (Å²) in [6, 6.07) is 0.508. The van der Waals surface area contributed by atoms with Gasteiger partial charge in [0, 0.05) is 10.9 Å². The third-order valence-electron chi connectivity index (χ3n) is 3.29. The van der Waals surface area contributed by atoms with Gasteiger partial charge in [-0.05, 0) is 20.4 Å². The summed E-state index contributed by atoms with van der Waals surface area (Å²) < 4.78 is 0. The second kappa shape index (κ2) is 8.65. The molecular weight excluding hydrogens is 228 g/mol. The van der Waals surface area contributed by atoms with Crippen molar-refractivity contribution in [3.05, 3.63) is 16.1 Å². The van der Waals surface area contributed by atoms with Crippen LogP contribution in [0.2, 0.25) is 0 Å². The molecule has 0 aliphatic carbocycles. The molecule has 0 saturated carbocycles. The van der Waals surface area contributed by atoms with E-state index in [0.29, 0.717) is 6.04 Å². The molecule has 0 spiro atoms. The molecule has 1 aromatic rings. The number of aryl methyl sites for hydroxylation is 1. The predicted octanol–water partition coefficient (Wildman–Crippen LogP) is 4.46. The van der Waals surface area contributed by atoms with E-state index in [4.69, 9.17) is 0 Å². The van der Waals surface area contributed by atoms with Gasteiger partial charge in [0.2, 0.25) is 0 Å². The summed E-state index contributed by atoms with van der Waals surface area (Å²) in [5.74, 6) is 0. The zero-order chi connectivity index (χ0) is 12.5. The minimum atomic E-state index is 0.508. The Kier molecular flexibility index (Phi) is 7.45. The van der Waals surface area contributed by atoms with Gasteiger partial charge in [0.05, 0.1) is 11.2 Å². The number of unbranched alkanes of at least 4 members (excludes halogenated alkanes) is 5. The standard InChI is InChI=1S/C14H26N2S/c1-4-5-6-7-8-9-10-13(15-3)14-12(2)16-11-17-14/h11,13,15H,4-10H2,1-3H3. The van der Waals surface area contributed by atoms with E-state index in [1.54, 1.807) is 11.3 Å². The van der Waals surface area contributed by atoms with Crippen molar-refractivity contribution < 1.29 is 0 Å². The quantitative estimate of drug-likeness (QED) is 0.658. The van der Waals surface area contributed by atoms with Crippen molar-refractivity contribution in [2.24, 2.45) is 0 Å². The Morgan fingerprint density at radius 2 is 1.94 bits per heavy atom. The highest BCUT2D eigenvalue weighted by atomic mass is 32.1. The number of thiazole rings is 1. The van der Waals surface area contributed by atoms with E-state index in [2.05, 4.69) is 31.2 Å². The minimum Gasteiger partial charge on any atom is -0.312 e. The molecule has 0 bridgehead atoms. The van der Waals surface area contributed by atoms with Crippen molar-refractivity contribution in [2.75, 3.05) is 7.05 Å². The van der Waals surface area contributed by atoms with Crippen LogP contribution in [0.1, 0.15) is 68.5 Å². The van der Waals surface area contributed by atoms with Gasteiger partial charge in [-0.25, -0.2) is 4.98 Å². The van der Waals surface area contributed by atoms with Crippen LogP contribution in [0.3, 0.4) is 0 Å². The largest absolute Gasteiger partial charge is 0.312 e. The van der Waals surface area contributed by atoms with Gasteiger partial charge in [-0.2, -0.15) is 0 Å². The van der Waals surface area contributed by atoms with Crippen LogP contribution in [0.5, 0.6) is 0 Å². The Balaban J connectivity index is 2.22. The van der Waals surface area contributed by atoms with Crippen molar-refractivity contribution >= 4 is 11.3 Å². The van der Waals surface area contributed by atoms with Gasteiger partial charge in [-0.3, -0.25) is 0 Å². The molecule has 1 heterocycles. The van der Waals surface area contributed by atoms with E-state index in [1.807, 2.05) is 5.51 Å². The lowest BCUT2D eigenvalue weighted by Crippen LogP contribution is -2.16. The van der Waals surface area contributed by atoms with E-state index in [1.165, 1.54) is 55.5 Å². The molecule has 0 amide bonds. The molecule has 1 rings (SSSR count). The molecule has 1 unspecified atom stereocenters. The fourth-order valence-corrected chi connectivity index (χ4v) is 3.13. The normalized spacial score (nSPS) is 12.9. The first-order valence-electron chi connectivity index (χ1n) is 6.86. The Morgan fingerprint density at radius 3 is 2.53 bits per heavy atom. The Morgan fingerprint density at radius 1 is 1.24 bits per heavy atom. The lowest BCUT2D eigenvalue weighted by atomic mass is 10.0. The zero-order valence-corrected chi connectivity index (χ0v) is 12.3. The average Bonchev–Trinajstić information content (AvgIpc) is 2.75. The van der Waals surface area contributed by atoms with E-state index < -0.39 is 0 Å². The smallest absolute Gasteiger partial charge is 0.0798 e. The van der Waals surface area contributed by atoms with Crippen LogP contribution in [-0.2, 0) is 0 Å². The van der Waals surface area contributed by atoms with Gasteiger partial charge in [-0.15, -0.1) is 11.3 Å². The predicted molar refractivity (Wildman–Crippen MR) is 76.6 cm³/mol. The summed E-state index contributed by atoms with van der Waals surface area (Å²) in [7, 11) is 2.06. The zero-order valence-electron chi connectivity index (χ0n) is 11.5. The minimum absolute atomic E-state index is 0.508. The fraction of sp³-hybridized carbons (Fsp3) is 0.786. The Bertz CT molecular complexity index is 296. The summed E-state index contributed by atoms with van der Waals surface area (Å²) in [4.78, 5) is 5.75. The second-order valence-electron chi connectivity index (χ2n) is 4.70. The highest BCUT2D eigenvalue weighted by Gasteiger charge is 2.13. The van der Waals surface area contributed by atoms with Crippen molar-refractivity contribution in [3.8, 4) is 0 Å². The lowest BCUT2D eigenvalue weighted by molar-refractivity contribution is 0.501. The summed E-state index contributed by atoms with van der Waals surface area (Å²) in [6.07, 6.45) is 9.46. The molecule has 1 aromatic heterocycles. The van der Waals surface area contributed by atoms with Gasteiger partial charge >= 0.3 is 0 Å². The summed E-state index contributed by atoms with van der Waals surface area (Å²) in [5, 5.41) is 3.42. The van der Waals surface area contributed by atoms with Crippen LogP contribution in [0.15, 0.2) is 5.51 Å². The average molecular weight is 254 g/mol. The molecule has 0 aromatic carbocycles. The Hall–Kier alpha value is -0.410. The summed E-state index contributed by atoms with van der Waals surface area (Å²) in [6.45, 7) is 4.38.